The Balaban J connectivity index is 1.79. The van der Waals surface area contributed by atoms with Crippen LogP contribution in [0.25, 0.3) is 0 Å². The summed E-state index contributed by atoms with van der Waals surface area (Å²) < 4.78 is 5.56. The van der Waals surface area contributed by atoms with E-state index in [0.29, 0.717) is 0 Å². The summed E-state index contributed by atoms with van der Waals surface area (Å²) in [5.41, 5.74) is 1.33. The molecule has 0 bridgehead atoms. The van der Waals surface area contributed by atoms with Crippen LogP contribution in [-0.2, 0) is 13.1 Å². The molecule has 0 atom stereocenters. The summed E-state index contributed by atoms with van der Waals surface area (Å²) >= 11 is 0. The first kappa shape index (κ1) is 12.7. The predicted octanol–water partition coefficient (Wildman–Crippen LogP) is 2.76. The molecular formula is C14H24N2O. The highest BCUT2D eigenvalue weighted by Gasteiger charge is 2.21. The van der Waals surface area contributed by atoms with Crippen molar-refractivity contribution in [3.63, 3.8) is 0 Å². The molecule has 96 valence electrons. The Labute approximate surface area is 104 Å². The SMILES string of the molecule is CCCCN(C)Cc1ccoc1CNC1CC1. The van der Waals surface area contributed by atoms with Gasteiger partial charge in [0.1, 0.15) is 5.76 Å². The van der Waals surface area contributed by atoms with Crippen molar-refractivity contribution >= 4 is 0 Å². The zero-order valence-corrected chi connectivity index (χ0v) is 11.0. The van der Waals surface area contributed by atoms with Crippen molar-refractivity contribution in [3.05, 3.63) is 23.7 Å². The summed E-state index contributed by atoms with van der Waals surface area (Å²) in [5.74, 6) is 1.11. The van der Waals surface area contributed by atoms with Gasteiger partial charge in [0.2, 0.25) is 0 Å². The van der Waals surface area contributed by atoms with E-state index < -0.39 is 0 Å². The van der Waals surface area contributed by atoms with Crippen LogP contribution in [0.3, 0.4) is 0 Å². The van der Waals surface area contributed by atoms with E-state index in [4.69, 9.17) is 4.42 Å². The van der Waals surface area contributed by atoms with Crippen LogP contribution >= 0.6 is 0 Å². The largest absolute Gasteiger partial charge is 0.468 e. The van der Waals surface area contributed by atoms with E-state index in [1.807, 2.05) is 6.26 Å². The maximum Gasteiger partial charge on any atom is 0.122 e. The smallest absolute Gasteiger partial charge is 0.122 e. The van der Waals surface area contributed by atoms with Crippen LogP contribution in [0.4, 0.5) is 0 Å². The standard InChI is InChI=1S/C14H24N2O/c1-3-4-8-16(2)11-12-7-9-17-14(12)10-15-13-5-6-13/h7,9,13,15H,3-6,8,10-11H2,1-2H3. The van der Waals surface area contributed by atoms with Gasteiger partial charge in [-0.3, -0.25) is 0 Å². The van der Waals surface area contributed by atoms with Gasteiger partial charge in [-0.1, -0.05) is 13.3 Å². The summed E-state index contributed by atoms with van der Waals surface area (Å²) in [5, 5.41) is 3.50. The molecule has 0 spiro atoms. The molecule has 0 radical (unpaired) electrons. The number of rotatable bonds is 8. The normalized spacial score (nSPS) is 15.7. The van der Waals surface area contributed by atoms with Crippen LogP contribution in [0.1, 0.15) is 43.9 Å². The first-order valence-corrected chi connectivity index (χ1v) is 6.76. The van der Waals surface area contributed by atoms with E-state index >= 15 is 0 Å². The topological polar surface area (TPSA) is 28.4 Å². The number of hydrogen-bond acceptors (Lipinski definition) is 3. The zero-order valence-electron chi connectivity index (χ0n) is 11.0. The molecule has 3 nitrogen and oxygen atoms in total. The highest BCUT2D eigenvalue weighted by molar-refractivity contribution is 5.17. The Kier molecular flexibility index (Phi) is 4.63. The minimum Gasteiger partial charge on any atom is -0.468 e. The van der Waals surface area contributed by atoms with Crippen molar-refractivity contribution in [2.24, 2.45) is 0 Å². The number of nitrogens with zero attached hydrogens (tertiary/aromatic N) is 1. The van der Waals surface area contributed by atoms with Gasteiger partial charge in [-0.05, 0) is 38.9 Å². The molecule has 0 amide bonds. The van der Waals surface area contributed by atoms with Crippen LogP contribution in [0, 0.1) is 0 Å². The Morgan fingerprint density at radius 2 is 2.29 bits per heavy atom. The molecule has 0 aromatic carbocycles. The summed E-state index contributed by atoms with van der Waals surface area (Å²) in [6.07, 6.45) is 6.99. The third kappa shape index (κ3) is 4.17. The van der Waals surface area contributed by atoms with E-state index in [-0.39, 0.29) is 0 Å². The Bertz CT molecular complexity index is 331. The fourth-order valence-corrected chi connectivity index (χ4v) is 1.99. The van der Waals surface area contributed by atoms with Crippen molar-refractivity contribution in [2.45, 2.75) is 51.7 Å². The summed E-state index contributed by atoms with van der Waals surface area (Å²) in [6, 6.07) is 2.84. The summed E-state index contributed by atoms with van der Waals surface area (Å²) in [7, 11) is 2.18. The van der Waals surface area contributed by atoms with Crippen molar-refractivity contribution in [1.82, 2.24) is 10.2 Å². The van der Waals surface area contributed by atoms with E-state index in [2.05, 4.69) is 30.3 Å². The number of furan rings is 1. The second-order valence-electron chi connectivity index (χ2n) is 5.12. The average Bonchev–Trinajstić information content (AvgIpc) is 3.05. The fourth-order valence-electron chi connectivity index (χ4n) is 1.99. The molecule has 1 fully saturated rings. The van der Waals surface area contributed by atoms with Gasteiger partial charge in [0.15, 0.2) is 0 Å². The maximum absolute atomic E-state index is 5.56. The third-order valence-corrected chi connectivity index (χ3v) is 3.30. The first-order chi connectivity index (χ1) is 8.29. The van der Waals surface area contributed by atoms with Crippen molar-refractivity contribution in [2.75, 3.05) is 13.6 Å². The van der Waals surface area contributed by atoms with Gasteiger partial charge < -0.3 is 14.6 Å². The van der Waals surface area contributed by atoms with Crippen LogP contribution < -0.4 is 5.32 Å². The van der Waals surface area contributed by atoms with Crippen molar-refractivity contribution < 1.29 is 4.42 Å². The van der Waals surface area contributed by atoms with Gasteiger partial charge in [-0.25, -0.2) is 0 Å². The van der Waals surface area contributed by atoms with E-state index in [0.717, 1.165) is 31.4 Å². The van der Waals surface area contributed by atoms with Crippen LogP contribution in [0.15, 0.2) is 16.7 Å². The molecular weight excluding hydrogens is 212 g/mol. The minimum atomic E-state index is 0.741. The molecule has 17 heavy (non-hydrogen) atoms. The number of hydrogen-bond donors (Lipinski definition) is 1. The van der Waals surface area contributed by atoms with E-state index in [1.165, 1.54) is 31.2 Å². The fraction of sp³-hybridized carbons (Fsp3) is 0.714. The lowest BCUT2D eigenvalue weighted by Gasteiger charge is -2.16. The molecule has 0 saturated heterocycles. The first-order valence-electron chi connectivity index (χ1n) is 6.76. The van der Waals surface area contributed by atoms with Gasteiger partial charge in [-0.15, -0.1) is 0 Å². The number of nitrogens with one attached hydrogen (secondary N) is 1. The summed E-state index contributed by atoms with van der Waals surface area (Å²) in [6.45, 7) is 5.28. The Morgan fingerprint density at radius 3 is 3.00 bits per heavy atom. The molecule has 2 rings (SSSR count). The third-order valence-electron chi connectivity index (χ3n) is 3.30. The summed E-state index contributed by atoms with van der Waals surface area (Å²) in [4.78, 5) is 2.37. The second kappa shape index (κ2) is 6.22. The highest BCUT2D eigenvalue weighted by Crippen LogP contribution is 2.20. The molecule has 1 heterocycles. The predicted molar refractivity (Wildman–Crippen MR) is 69.8 cm³/mol. The maximum atomic E-state index is 5.56. The zero-order chi connectivity index (χ0) is 12.1. The second-order valence-corrected chi connectivity index (χ2v) is 5.12. The van der Waals surface area contributed by atoms with Gasteiger partial charge in [0.05, 0.1) is 12.8 Å². The van der Waals surface area contributed by atoms with Gasteiger partial charge in [-0.2, -0.15) is 0 Å². The quantitative estimate of drug-likeness (QED) is 0.752. The Hall–Kier alpha value is -0.800. The van der Waals surface area contributed by atoms with Crippen LogP contribution in [0.5, 0.6) is 0 Å². The molecule has 1 saturated carbocycles. The van der Waals surface area contributed by atoms with Gasteiger partial charge >= 0.3 is 0 Å². The molecule has 1 aromatic heterocycles. The molecule has 3 heteroatoms. The van der Waals surface area contributed by atoms with Crippen molar-refractivity contribution in [1.29, 1.82) is 0 Å². The molecule has 1 aliphatic carbocycles. The molecule has 1 N–H and O–H groups in total. The van der Waals surface area contributed by atoms with E-state index in [9.17, 15) is 0 Å². The lowest BCUT2D eigenvalue weighted by Crippen LogP contribution is -2.21. The molecule has 1 aromatic rings. The van der Waals surface area contributed by atoms with Gasteiger partial charge in [0.25, 0.3) is 0 Å². The Morgan fingerprint density at radius 1 is 1.47 bits per heavy atom. The van der Waals surface area contributed by atoms with Crippen LogP contribution in [-0.4, -0.2) is 24.5 Å². The number of unbranched alkanes of at least 4 members (excludes halogenated alkanes) is 1. The monoisotopic (exact) mass is 236 g/mol. The lowest BCUT2D eigenvalue weighted by atomic mass is 10.2. The van der Waals surface area contributed by atoms with E-state index in [1.54, 1.807) is 0 Å². The van der Waals surface area contributed by atoms with Gasteiger partial charge in [0, 0.05) is 18.2 Å². The molecule has 0 aliphatic heterocycles. The molecule has 0 unspecified atom stereocenters. The lowest BCUT2D eigenvalue weighted by molar-refractivity contribution is 0.316. The molecule has 1 aliphatic rings. The highest BCUT2D eigenvalue weighted by atomic mass is 16.3. The average molecular weight is 236 g/mol. The van der Waals surface area contributed by atoms with Crippen LogP contribution in [0.2, 0.25) is 0 Å². The van der Waals surface area contributed by atoms with Crippen molar-refractivity contribution in [3.8, 4) is 0 Å². The minimum absolute atomic E-state index is 0.741.